The molecular weight excluding hydrogens is 382 g/mol. The monoisotopic (exact) mass is 406 g/mol. The summed E-state index contributed by atoms with van der Waals surface area (Å²) >= 11 is 0. The molecule has 150 valence electrons. The van der Waals surface area contributed by atoms with Crippen molar-refractivity contribution in [1.82, 2.24) is 9.21 Å². The van der Waals surface area contributed by atoms with Gasteiger partial charge in [-0.1, -0.05) is 42.5 Å². The molecule has 0 bridgehead atoms. The highest BCUT2D eigenvalue weighted by molar-refractivity contribution is 7.89. The Morgan fingerprint density at radius 1 is 1.07 bits per heavy atom. The summed E-state index contributed by atoms with van der Waals surface area (Å²) < 4.78 is 55.9. The lowest BCUT2D eigenvalue weighted by Gasteiger charge is -2.33. The first kappa shape index (κ1) is 19.5. The van der Waals surface area contributed by atoms with Crippen LogP contribution in [0.4, 0.5) is 8.78 Å². The van der Waals surface area contributed by atoms with Gasteiger partial charge >= 0.3 is 0 Å². The van der Waals surface area contributed by atoms with E-state index in [0.717, 1.165) is 17.3 Å². The van der Waals surface area contributed by atoms with Crippen molar-refractivity contribution < 1.29 is 17.2 Å². The van der Waals surface area contributed by atoms with Crippen molar-refractivity contribution >= 4 is 10.0 Å². The minimum absolute atomic E-state index is 0.113. The van der Waals surface area contributed by atoms with Gasteiger partial charge in [0.2, 0.25) is 10.0 Å². The first-order chi connectivity index (χ1) is 13.3. The molecule has 4 nitrogen and oxygen atoms in total. The van der Waals surface area contributed by atoms with Gasteiger partial charge in [0.25, 0.3) is 5.92 Å². The summed E-state index contributed by atoms with van der Waals surface area (Å²) in [6, 6.07) is 13.9. The number of benzene rings is 2. The van der Waals surface area contributed by atoms with Crippen LogP contribution in [0.3, 0.4) is 0 Å². The van der Waals surface area contributed by atoms with E-state index < -0.39 is 35.0 Å². The highest BCUT2D eigenvalue weighted by Crippen LogP contribution is 2.37. The zero-order valence-corrected chi connectivity index (χ0v) is 16.6. The van der Waals surface area contributed by atoms with Crippen LogP contribution >= 0.6 is 0 Å². The quantitative estimate of drug-likeness (QED) is 0.781. The van der Waals surface area contributed by atoms with Crippen LogP contribution < -0.4 is 0 Å². The molecular formula is C21H24F2N2O2S. The molecule has 0 saturated carbocycles. The van der Waals surface area contributed by atoms with E-state index in [4.69, 9.17) is 0 Å². The van der Waals surface area contributed by atoms with Crippen molar-refractivity contribution in [3.63, 3.8) is 0 Å². The maximum absolute atomic E-state index is 14.3. The summed E-state index contributed by atoms with van der Waals surface area (Å²) in [6.45, 7) is 2.67. The summed E-state index contributed by atoms with van der Waals surface area (Å²) in [5.41, 5.74) is 3.04. The molecule has 2 aliphatic heterocycles. The Balaban J connectivity index is 1.58. The summed E-state index contributed by atoms with van der Waals surface area (Å²) in [5, 5.41) is 0. The van der Waals surface area contributed by atoms with E-state index in [9.17, 15) is 17.2 Å². The fraction of sp³-hybridized carbons (Fsp3) is 0.429. The molecule has 2 aromatic carbocycles. The lowest BCUT2D eigenvalue weighted by atomic mass is 9.99. The van der Waals surface area contributed by atoms with Gasteiger partial charge in [0.1, 0.15) is 0 Å². The first-order valence-electron chi connectivity index (χ1n) is 9.51. The van der Waals surface area contributed by atoms with E-state index in [-0.39, 0.29) is 4.90 Å². The molecule has 0 aromatic heterocycles. The SMILES string of the molecule is Cc1ccccc1S(=O)(=O)N1CC(F)(F)C[C@H]1CN1CCc2ccccc2C1. The van der Waals surface area contributed by atoms with E-state index in [2.05, 4.69) is 11.0 Å². The second kappa shape index (κ2) is 7.21. The van der Waals surface area contributed by atoms with Gasteiger partial charge in [-0.15, -0.1) is 0 Å². The number of fused-ring (bicyclic) bond motifs is 1. The Labute approximate surface area is 164 Å². The Hall–Kier alpha value is -1.83. The number of nitrogens with zero attached hydrogens (tertiary/aromatic N) is 2. The third kappa shape index (κ3) is 3.71. The van der Waals surface area contributed by atoms with Crippen LogP contribution in [0.1, 0.15) is 23.1 Å². The van der Waals surface area contributed by atoms with Crippen LogP contribution in [-0.2, 0) is 23.0 Å². The maximum atomic E-state index is 14.3. The molecule has 0 N–H and O–H groups in total. The normalized spacial score (nSPS) is 22.9. The van der Waals surface area contributed by atoms with Gasteiger partial charge in [-0.05, 0) is 36.1 Å². The molecule has 1 saturated heterocycles. The number of hydrogen-bond acceptors (Lipinski definition) is 3. The molecule has 0 aliphatic carbocycles. The summed E-state index contributed by atoms with van der Waals surface area (Å²) in [6.07, 6.45) is 0.417. The minimum Gasteiger partial charge on any atom is -0.297 e. The Kier molecular flexibility index (Phi) is 5.02. The zero-order valence-electron chi connectivity index (χ0n) is 15.8. The Morgan fingerprint density at radius 3 is 2.50 bits per heavy atom. The van der Waals surface area contributed by atoms with Crippen LogP contribution in [0, 0.1) is 6.92 Å². The third-order valence-electron chi connectivity index (χ3n) is 5.69. The third-order valence-corrected chi connectivity index (χ3v) is 7.75. The zero-order chi connectivity index (χ0) is 19.9. The Bertz CT molecular complexity index is 978. The fourth-order valence-electron chi connectivity index (χ4n) is 4.29. The van der Waals surface area contributed by atoms with Crippen LogP contribution in [-0.4, -0.2) is 49.2 Å². The minimum atomic E-state index is -3.97. The van der Waals surface area contributed by atoms with Crippen molar-refractivity contribution in [1.29, 1.82) is 0 Å². The molecule has 0 spiro atoms. The summed E-state index contributed by atoms with van der Waals surface area (Å²) in [4.78, 5) is 2.20. The van der Waals surface area contributed by atoms with Crippen LogP contribution in [0.15, 0.2) is 53.4 Å². The Morgan fingerprint density at radius 2 is 1.75 bits per heavy atom. The maximum Gasteiger partial charge on any atom is 0.263 e. The second-order valence-corrected chi connectivity index (χ2v) is 9.64. The highest BCUT2D eigenvalue weighted by Gasteiger charge is 2.50. The topological polar surface area (TPSA) is 40.6 Å². The molecule has 28 heavy (non-hydrogen) atoms. The van der Waals surface area contributed by atoms with E-state index >= 15 is 0 Å². The first-order valence-corrected chi connectivity index (χ1v) is 10.9. The van der Waals surface area contributed by atoms with Gasteiger partial charge in [0.15, 0.2) is 0 Å². The van der Waals surface area contributed by atoms with Crippen LogP contribution in [0.2, 0.25) is 0 Å². The standard InChI is InChI=1S/C21H24F2N2O2S/c1-16-6-2-5-9-20(16)28(26,27)25-15-21(22,23)12-19(25)14-24-11-10-17-7-3-4-8-18(17)13-24/h2-9,19H,10-15H2,1H3/t19-/m0/s1. The predicted molar refractivity (Wildman–Crippen MR) is 104 cm³/mol. The van der Waals surface area contributed by atoms with Gasteiger partial charge in [0, 0.05) is 32.1 Å². The molecule has 7 heteroatoms. The number of alkyl halides is 2. The molecule has 4 rings (SSSR count). The highest BCUT2D eigenvalue weighted by atomic mass is 32.2. The molecule has 1 fully saturated rings. The lowest BCUT2D eigenvalue weighted by molar-refractivity contribution is 0.0165. The van der Waals surface area contributed by atoms with Gasteiger partial charge in [-0.2, -0.15) is 4.31 Å². The largest absolute Gasteiger partial charge is 0.297 e. The molecule has 1 atom stereocenters. The predicted octanol–water partition coefficient (Wildman–Crippen LogP) is 3.45. The van der Waals surface area contributed by atoms with Gasteiger partial charge in [0.05, 0.1) is 11.4 Å². The summed E-state index contributed by atoms with van der Waals surface area (Å²) in [7, 11) is -3.97. The van der Waals surface area contributed by atoms with Crippen LogP contribution in [0.25, 0.3) is 0 Å². The molecule has 0 radical (unpaired) electrons. The van der Waals surface area contributed by atoms with Crippen molar-refractivity contribution in [2.24, 2.45) is 0 Å². The number of sulfonamides is 1. The van der Waals surface area contributed by atoms with Crippen molar-refractivity contribution in [3.05, 3.63) is 65.2 Å². The van der Waals surface area contributed by atoms with E-state index in [0.29, 0.717) is 18.7 Å². The van der Waals surface area contributed by atoms with Crippen molar-refractivity contribution in [2.75, 3.05) is 19.6 Å². The molecule has 2 aliphatic rings. The average Bonchev–Trinajstić information content (AvgIpc) is 2.97. The fourth-order valence-corrected chi connectivity index (χ4v) is 6.16. The molecule has 2 aromatic rings. The summed E-state index contributed by atoms with van der Waals surface area (Å²) in [5.74, 6) is -3.01. The number of hydrogen-bond donors (Lipinski definition) is 0. The number of aryl methyl sites for hydroxylation is 1. The average molecular weight is 406 g/mol. The molecule has 0 amide bonds. The lowest BCUT2D eigenvalue weighted by Crippen LogP contribution is -2.44. The molecule has 0 unspecified atom stereocenters. The van der Waals surface area contributed by atoms with Gasteiger partial charge in [-0.25, -0.2) is 17.2 Å². The van der Waals surface area contributed by atoms with Gasteiger partial charge < -0.3 is 0 Å². The van der Waals surface area contributed by atoms with E-state index in [1.165, 1.54) is 17.2 Å². The number of halogens is 2. The molecule has 2 heterocycles. The van der Waals surface area contributed by atoms with Crippen LogP contribution in [0.5, 0.6) is 0 Å². The van der Waals surface area contributed by atoms with Gasteiger partial charge in [-0.3, -0.25) is 4.90 Å². The second-order valence-electron chi connectivity index (χ2n) is 7.78. The smallest absolute Gasteiger partial charge is 0.263 e. The number of rotatable bonds is 4. The van der Waals surface area contributed by atoms with Crippen molar-refractivity contribution in [2.45, 2.75) is 43.2 Å². The van der Waals surface area contributed by atoms with E-state index in [1.54, 1.807) is 25.1 Å². The van der Waals surface area contributed by atoms with Crippen molar-refractivity contribution in [3.8, 4) is 0 Å². The van der Waals surface area contributed by atoms with E-state index in [1.807, 2.05) is 18.2 Å².